The van der Waals surface area contributed by atoms with Crippen molar-refractivity contribution in [3.05, 3.63) is 24.3 Å². The van der Waals surface area contributed by atoms with Crippen LogP contribution in [-0.4, -0.2) is 44.4 Å². The van der Waals surface area contributed by atoms with E-state index >= 15 is 0 Å². The van der Waals surface area contributed by atoms with Crippen LogP contribution in [0.3, 0.4) is 0 Å². The van der Waals surface area contributed by atoms with Crippen molar-refractivity contribution in [1.29, 1.82) is 0 Å². The first-order valence-corrected chi connectivity index (χ1v) is 8.30. The van der Waals surface area contributed by atoms with E-state index in [0.29, 0.717) is 19.7 Å². The Morgan fingerprint density at radius 3 is 2.29 bits per heavy atom. The molecule has 2 aliphatic heterocycles. The van der Waals surface area contributed by atoms with Crippen molar-refractivity contribution in [1.82, 2.24) is 0 Å². The van der Waals surface area contributed by atoms with E-state index in [2.05, 4.69) is 20.8 Å². The zero-order valence-electron chi connectivity index (χ0n) is 14.4. The first-order valence-electron chi connectivity index (χ1n) is 8.30. The lowest BCUT2D eigenvalue weighted by Crippen LogP contribution is -2.41. The smallest absolute Gasteiger partial charge is 0.414 e. The van der Waals surface area contributed by atoms with Gasteiger partial charge in [0.05, 0.1) is 13.2 Å². The number of benzene rings is 1. The van der Waals surface area contributed by atoms with Gasteiger partial charge in [-0.1, -0.05) is 20.8 Å². The minimum absolute atomic E-state index is 0.0418. The monoisotopic (exact) mass is 332 g/mol. The normalized spacial score (nSPS) is 22.0. The maximum Gasteiger partial charge on any atom is 0.414 e. The van der Waals surface area contributed by atoms with Crippen LogP contribution in [0.25, 0.3) is 0 Å². The van der Waals surface area contributed by atoms with Crippen LogP contribution in [0.5, 0.6) is 0 Å². The van der Waals surface area contributed by atoms with E-state index in [1.54, 1.807) is 9.80 Å². The van der Waals surface area contributed by atoms with Gasteiger partial charge in [-0.3, -0.25) is 9.69 Å². The summed E-state index contributed by atoms with van der Waals surface area (Å²) < 4.78 is 10.6. The van der Waals surface area contributed by atoms with E-state index in [9.17, 15) is 9.59 Å². The van der Waals surface area contributed by atoms with E-state index in [-0.39, 0.29) is 30.1 Å². The molecule has 0 unspecified atom stereocenters. The van der Waals surface area contributed by atoms with Crippen LogP contribution in [-0.2, 0) is 14.3 Å². The maximum atomic E-state index is 12.1. The number of hydrogen-bond acceptors (Lipinski definition) is 4. The second kappa shape index (κ2) is 6.43. The van der Waals surface area contributed by atoms with E-state index in [1.807, 2.05) is 24.3 Å². The summed E-state index contributed by atoms with van der Waals surface area (Å²) in [4.78, 5) is 27.4. The van der Waals surface area contributed by atoms with Gasteiger partial charge in [0.2, 0.25) is 0 Å². The van der Waals surface area contributed by atoms with Gasteiger partial charge in [-0.2, -0.15) is 0 Å². The minimum Gasteiger partial charge on any atom is -0.444 e. The largest absolute Gasteiger partial charge is 0.444 e. The van der Waals surface area contributed by atoms with Gasteiger partial charge in [0, 0.05) is 17.9 Å². The Bertz CT molecular complexity index is 621. The molecule has 2 amide bonds. The van der Waals surface area contributed by atoms with E-state index in [0.717, 1.165) is 17.8 Å². The predicted molar refractivity (Wildman–Crippen MR) is 91.3 cm³/mol. The molecular weight excluding hydrogens is 308 g/mol. The van der Waals surface area contributed by atoms with Gasteiger partial charge in [0.25, 0.3) is 5.91 Å². The number of rotatable bonds is 3. The highest BCUT2D eigenvalue weighted by molar-refractivity contribution is 5.95. The van der Waals surface area contributed by atoms with Crippen LogP contribution < -0.4 is 9.80 Å². The van der Waals surface area contributed by atoms with Crippen LogP contribution in [0.1, 0.15) is 27.2 Å². The Morgan fingerprint density at radius 2 is 1.71 bits per heavy atom. The maximum absolute atomic E-state index is 12.1. The number of ether oxygens (including phenoxy) is 2. The zero-order chi connectivity index (χ0) is 17.3. The fourth-order valence-corrected chi connectivity index (χ4v) is 3.13. The molecule has 0 bridgehead atoms. The number of hydrogen-bond donors (Lipinski definition) is 0. The molecule has 0 saturated carbocycles. The van der Waals surface area contributed by atoms with Gasteiger partial charge in [-0.25, -0.2) is 4.79 Å². The van der Waals surface area contributed by atoms with Crippen molar-refractivity contribution >= 4 is 23.4 Å². The highest BCUT2D eigenvalue weighted by Gasteiger charge is 2.34. The zero-order valence-corrected chi connectivity index (χ0v) is 14.4. The molecule has 0 N–H and O–H groups in total. The Hall–Kier alpha value is -2.08. The number of carbonyl (C=O) groups excluding carboxylic acids is 2. The first-order chi connectivity index (χ1) is 11.3. The van der Waals surface area contributed by atoms with Crippen LogP contribution in [0.2, 0.25) is 0 Å². The summed E-state index contributed by atoms with van der Waals surface area (Å²) in [6.07, 6.45) is 0.438. The number of nitrogens with zero attached hydrogens (tertiary/aromatic N) is 2. The number of carbonyl (C=O) groups is 2. The fourth-order valence-electron chi connectivity index (χ4n) is 3.13. The van der Waals surface area contributed by atoms with E-state index in [1.165, 1.54) is 0 Å². The lowest BCUT2D eigenvalue weighted by atomic mass is 9.89. The van der Waals surface area contributed by atoms with Crippen LogP contribution >= 0.6 is 0 Å². The summed E-state index contributed by atoms with van der Waals surface area (Å²) >= 11 is 0. The van der Waals surface area contributed by atoms with Crippen molar-refractivity contribution in [2.45, 2.75) is 33.3 Å². The third-order valence-corrected chi connectivity index (χ3v) is 4.17. The molecule has 0 radical (unpaired) electrons. The quantitative estimate of drug-likeness (QED) is 0.854. The number of cyclic esters (lactones) is 1. The van der Waals surface area contributed by atoms with Gasteiger partial charge in [-0.15, -0.1) is 0 Å². The molecule has 0 aromatic heterocycles. The molecule has 0 spiro atoms. The highest BCUT2D eigenvalue weighted by Crippen LogP contribution is 2.30. The standard InChI is InChI=1S/C18H24N2O4/c1-18(2,3)10-15-11-20(17(22)24-15)14-6-4-13(5-7-14)19-8-9-23-12-16(19)21/h4-7,15H,8-12H2,1-3H3/t15-/m0/s1. The molecule has 2 saturated heterocycles. The molecule has 6 heteroatoms. The lowest BCUT2D eigenvalue weighted by molar-refractivity contribution is -0.125. The van der Waals surface area contributed by atoms with Crippen molar-refractivity contribution < 1.29 is 19.1 Å². The van der Waals surface area contributed by atoms with Crippen LogP contribution in [0.4, 0.5) is 16.2 Å². The molecule has 2 heterocycles. The van der Waals surface area contributed by atoms with Crippen molar-refractivity contribution in [3.63, 3.8) is 0 Å². The molecule has 6 nitrogen and oxygen atoms in total. The second-order valence-electron chi connectivity index (χ2n) is 7.50. The molecule has 24 heavy (non-hydrogen) atoms. The van der Waals surface area contributed by atoms with Crippen LogP contribution in [0.15, 0.2) is 24.3 Å². The van der Waals surface area contributed by atoms with Crippen molar-refractivity contribution in [2.75, 3.05) is 36.1 Å². The average molecular weight is 332 g/mol. The second-order valence-corrected chi connectivity index (χ2v) is 7.50. The molecule has 1 atom stereocenters. The van der Waals surface area contributed by atoms with Crippen molar-refractivity contribution in [2.24, 2.45) is 5.41 Å². The van der Waals surface area contributed by atoms with Gasteiger partial charge in [-0.05, 0) is 36.1 Å². The summed E-state index contributed by atoms with van der Waals surface area (Å²) in [5.41, 5.74) is 1.73. The molecule has 2 aliphatic rings. The summed E-state index contributed by atoms with van der Waals surface area (Å²) in [6, 6.07) is 7.45. The summed E-state index contributed by atoms with van der Waals surface area (Å²) in [5, 5.41) is 0. The van der Waals surface area contributed by atoms with E-state index < -0.39 is 0 Å². The third kappa shape index (κ3) is 3.70. The number of anilines is 2. The van der Waals surface area contributed by atoms with E-state index in [4.69, 9.17) is 9.47 Å². The molecule has 0 aliphatic carbocycles. The number of morpholine rings is 1. The van der Waals surface area contributed by atoms with Crippen molar-refractivity contribution in [3.8, 4) is 0 Å². The summed E-state index contributed by atoms with van der Waals surface area (Å²) in [5.74, 6) is -0.0418. The Labute approximate surface area is 142 Å². The Kier molecular flexibility index (Phi) is 4.49. The first kappa shape index (κ1) is 16.8. The van der Waals surface area contributed by atoms with Gasteiger partial charge >= 0.3 is 6.09 Å². The van der Waals surface area contributed by atoms with Gasteiger partial charge in [0.1, 0.15) is 12.7 Å². The number of amides is 2. The molecule has 2 fully saturated rings. The lowest BCUT2D eigenvalue weighted by Gasteiger charge is -2.27. The molecule has 130 valence electrons. The molecular formula is C18H24N2O4. The Balaban J connectivity index is 1.69. The average Bonchev–Trinajstić information content (AvgIpc) is 2.86. The molecule has 1 aromatic rings. The van der Waals surface area contributed by atoms with Gasteiger partial charge < -0.3 is 14.4 Å². The minimum atomic E-state index is -0.306. The molecule has 3 rings (SSSR count). The summed E-state index contributed by atoms with van der Waals surface area (Å²) in [6.45, 7) is 8.19. The highest BCUT2D eigenvalue weighted by atomic mass is 16.6. The topological polar surface area (TPSA) is 59.1 Å². The Morgan fingerprint density at radius 1 is 1.08 bits per heavy atom. The third-order valence-electron chi connectivity index (χ3n) is 4.17. The van der Waals surface area contributed by atoms with Gasteiger partial charge in [0.15, 0.2) is 0 Å². The fraction of sp³-hybridized carbons (Fsp3) is 0.556. The SMILES string of the molecule is CC(C)(C)C[C@H]1CN(c2ccc(N3CCOCC3=O)cc2)C(=O)O1. The molecule has 1 aromatic carbocycles. The summed E-state index contributed by atoms with van der Waals surface area (Å²) in [7, 11) is 0. The van der Waals surface area contributed by atoms with Crippen LogP contribution in [0, 0.1) is 5.41 Å². The predicted octanol–water partition coefficient (Wildman–Crippen LogP) is 2.81.